The Morgan fingerprint density at radius 3 is 2.56 bits per heavy atom. The Morgan fingerprint density at radius 1 is 1.19 bits per heavy atom. The third kappa shape index (κ3) is 4.09. The topological polar surface area (TPSA) is 76.4 Å². The average Bonchev–Trinajstić information content (AvgIpc) is 3.13. The molecule has 2 atom stereocenters. The molecule has 1 saturated carbocycles. The van der Waals surface area contributed by atoms with Crippen molar-refractivity contribution in [3.05, 3.63) is 75.5 Å². The van der Waals surface area contributed by atoms with Crippen LogP contribution in [0.3, 0.4) is 0 Å². The molecule has 168 valence electrons. The van der Waals surface area contributed by atoms with E-state index in [1.165, 1.54) is 28.5 Å². The van der Waals surface area contributed by atoms with Crippen LogP contribution in [0.2, 0.25) is 0 Å². The van der Waals surface area contributed by atoms with Crippen molar-refractivity contribution in [3.8, 4) is 0 Å². The van der Waals surface area contributed by atoms with E-state index in [2.05, 4.69) is 37.4 Å². The Hall–Kier alpha value is -2.92. The predicted octanol–water partition coefficient (Wildman–Crippen LogP) is 4.36. The summed E-state index contributed by atoms with van der Waals surface area (Å²) in [5, 5.41) is 21.1. The number of fused-ring (bicyclic) bond motifs is 1. The number of benzene rings is 2. The molecule has 3 N–H and O–H groups in total. The monoisotopic (exact) mass is 431 g/mol. The minimum Gasteiger partial charge on any atom is -0.393 e. The van der Waals surface area contributed by atoms with Crippen molar-refractivity contribution in [2.24, 2.45) is 0 Å². The molecule has 0 saturated heterocycles. The first-order valence-corrected chi connectivity index (χ1v) is 11.5. The van der Waals surface area contributed by atoms with Gasteiger partial charge in [-0.15, -0.1) is 0 Å². The summed E-state index contributed by atoms with van der Waals surface area (Å²) in [7, 11) is 1.83. The highest BCUT2D eigenvalue weighted by Gasteiger charge is 2.38. The molecule has 1 heterocycles. The van der Waals surface area contributed by atoms with Crippen molar-refractivity contribution >= 4 is 17.7 Å². The van der Waals surface area contributed by atoms with Gasteiger partial charge in [-0.3, -0.25) is 4.79 Å². The first-order chi connectivity index (χ1) is 15.4. The molecule has 32 heavy (non-hydrogen) atoms. The van der Waals surface area contributed by atoms with Crippen molar-refractivity contribution in [3.63, 3.8) is 0 Å². The number of nitrogens with zero attached hydrogens (tertiary/aromatic N) is 1. The molecule has 1 fully saturated rings. The second-order valence-electron chi connectivity index (χ2n) is 9.07. The number of rotatable bonds is 6. The molecule has 1 amide bonds. The van der Waals surface area contributed by atoms with Crippen LogP contribution in [0.4, 0.5) is 0 Å². The Morgan fingerprint density at radius 2 is 1.91 bits per heavy atom. The fourth-order valence-electron chi connectivity index (χ4n) is 5.14. The zero-order valence-electron chi connectivity index (χ0n) is 19.2. The minimum absolute atomic E-state index is 0.0620. The van der Waals surface area contributed by atoms with Crippen molar-refractivity contribution in [2.75, 3.05) is 7.05 Å². The SMILES string of the molecule is CN/C=C(\C=N)c1ccc(Cc2cc3c(c(C)c2C)CN([C@H]2CCCC[C@@H]2O)C3=O)cc1. The molecule has 0 aromatic heterocycles. The summed E-state index contributed by atoms with van der Waals surface area (Å²) >= 11 is 0. The van der Waals surface area contributed by atoms with Crippen LogP contribution >= 0.6 is 0 Å². The molecule has 1 aliphatic carbocycles. The summed E-state index contributed by atoms with van der Waals surface area (Å²) in [5.41, 5.74) is 8.54. The molecule has 2 aromatic rings. The quantitative estimate of drug-likeness (QED) is 0.595. The first-order valence-electron chi connectivity index (χ1n) is 11.5. The maximum absolute atomic E-state index is 13.3. The highest BCUT2D eigenvalue weighted by Crippen LogP contribution is 2.35. The molecule has 0 unspecified atom stereocenters. The largest absolute Gasteiger partial charge is 0.393 e. The van der Waals surface area contributed by atoms with E-state index in [4.69, 9.17) is 5.41 Å². The lowest BCUT2D eigenvalue weighted by Gasteiger charge is -2.35. The van der Waals surface area contributed by atoms with Crippen LogP contribution < -0.4 is 5.32 Å². The van der Waals surface area contributed by atoms with Crippen LogP contribution in [0.5, 0.6) is 0 Å². The summed E-state index contributed by atoms with van der Waals surface area (Å²) in [5.74, 6) is 0.0680. The molecule has 0 bridgehead atoms. The van der Waals surface area contributed by atoms with Gasteiger partial charge < -0.3 is 20.7 Å². The molecule has 2 aromatic carbocycles. The maximum Gasteiger partial charge on any atom is 0.254 e. The molecular formula is C27H33N3O2. The number of amides is 1. The maximum atomic E-state index is 13.3. The third-order valence-electron chi connectivity index (χ3n) is 7.19. The molecule has 2 aliphatic rings. The summed E-state index contributed by atoms with van der Waals surface area (Å²) in [4.78, 5) is 15.2. The van der Waals surface area contributed by atoms with Crippen LogP contribution in [-0.4, -0.2) is 41.3 Å². The van der Waals surface area contributed by atoms with Crippen LogP contribution in [0, 0.1) is 19.3 Å². The van der Waals surface area contributed by atoms with Gasteiger partial charge in [-0.05, 0) is 72.6 Å². The average molecular weight is 432 g/mol. The highest BCUT2D eigenvalue weighted by atomic mass is 16.3. The van der Waals surface area contributed by atoms with Crippen molar-refractivity contribution < 1.29 is 9.90 Å². The number of nitrogens with one attached hydrogen (secondary N) is 2. The summed E-state index contributed by atoms with van der Waals surface area (Å²) in [6, 6.07) is 10.3. The van der Waals surface area contributed by atoms with Gasteiger partial charge in [-0.2, -0.15) is 0 Å². The minimum atomic E-state index is -0.413. The summed E-state index contributed by atoms with van der Waals surface area (Å²) in [6.07, 6.45) is 7.30. The van der Waals surface area contributed by atoms with E-state index >= 15 is 0 Å². The number of allylic oxidation sites excluding steroid dienone is 1. The summed E-state index contributed by atoms with van der Waals surface area (Å²) in [6.45, 7) is 4.88. The number of aliphatic hydroxyl groups excluding tert-OH is 1. The van der Waals surface area contributed by atoms with Crippen LogP contribution in [0.15, 0.2) is 36.5 Å². The van der Waals surface area contributed by atoms with E-state index in [1.807, 2.05) is 30.3 Å². The Kier molecular flexibility index (Phi) is 6.47. The third-order valence-corrected chi connectivity index (χ3v) is 7.19. The number of hydrogen-bond donors (Lipinski definition) is 3. The van der Waals surface area contributed by atoms with Gasteiger partial charge in [-0.1, -0.05) is 37.1 Å². The zero-order valence-corrected chi connectivity index (χ0v) is 19.2. The van der Waals surface area contributed by atoms with Gasteiger partial charge in [0.05, 0.1) is 12.1 Å². The molecule has 0 radical (unpaired) electrons. The number of hydrogen-bond acceptors (Lipinski definition) is 4. The van der Waals surface area contributed by atoms with Gasteiger partial charge in [-0.25, -0.2) is 0 Å². The second kappa shape index (κ2) is 9.29. The number of aliphatic hydroxyl groups is 1. The Labute approximate surface area is 190 Å². The summed E-state index contributed by atoms with van der Waals surface area (Å²) < 4.78 is 0. The van der Waals surface area contributed by atoms with Crippen molar-refractivity contribution in [1.29, 1.82) is 5.41 Å². The lowest BCUT2D eigenvalue weighted by Crippen LogP contribution is -2.45. The predicted molar refractivity (Wildman–Crippen MR) is 129 cm³/mol. The van der Waals surface area contributed by atoms with Crippen molar-refractivity contribution in [2.45, 2.75) is 64.6 Å². The van der Waals surface area contributed by atoms with E-state index in [0.29, 0.717) is 6.54 Å². The van der Waals surface area contributed by atoms with Gasteiger partial charge in [0.25, 0.3) is 5.91 Å². The van der Waals surface area contributed by atoms with Gasteiger partial charge in [0.15, 0.2) is 0 Å². The van der Waals surface area contributed by atoms with Gasteiger partial charge in [0.2, 0.25) is 0 Å². The lowest BCUT2D eigenvalue weighted by molar-refractivity contribution is 0.0191. The van der Waals surface area contributed by atoms with Crippen LogP contribution in [0.25, 0.3) is 5.57 Å². The van der Waals surface area contributed by atoms with E-state index in [0.717, 1.165) is 54.4 Å². The lowest BCUT2D eigenvalue weighted by atomic mass is 9.91. The molecule has 5 nitrogen and oxygen atoms in total. The van der Waals surface area contributed by atoms with E-state index < -0.39 is 6.10 Å². The van der Waals surface area contributed by atoms with E-state index in [-0.39, 0.29) is 11.9 Å². The highest BCUT2D eigenvalue weighted by molar-refractivity contribution is 6.08. The van der Waals surface area contributed by atoms with E-state index in [1.54, 1.807) is 0 Å². The molecule has 0 spiro atoms. The molecule has 1 aliphatic heterocycles. The van der Waals surface area contributed by atoms with Crippen LogP contribution in [0.1, 0.15) is 69.4 Å². The second-order valence-corrected chi connectivity index (χ2v) is 9.07. The van der Waals surface area contributed by atoms with Crippen LogP contribution in [-0.2, 0) is 13.0 Å². The standard InChI is InChI=1S/C27H33N3O2/c1-17-18(2)24-16-30(25-6-4-5-7-26(25)31)27(32)23(24)13-21(17)12-19-8-10-20(11-9-19)22(14-28)15-29-3/h8-11,13-15,25-26,28-29,31H,4-7,12,16H2,1-3H3/b22-15+,28-14?/t25-,26-/m0/s1. The normalized spacial score (nSPS) is 20.9. The fraction of sp³-hybridized carbons (Fsp3) is 0.407. The molecular weight excluding hydrogens is 398 g/mol. The smallest absolute Gasteiger partial charge is 0.254 e. The van der Waals surface area contributed by atoms with Gasteiger partial charge in [0, 0.05) is 37.1 Å². The molecule has 4 rings (SSSR count). The number of carbonyl (C=O) groups excluding carboxylic acids is 1. The zero-order chi connectivity index (χ0) is 22.8. The Balaban J connectivity index is 1.59. The van der Waals surface area contributed by atoms with Gasteiger partial charge >= 0.3 is 0 Å². The first kappa shape index (κ1) is 22.3. The fourth-order valence-corrected chi connectivity index (χ4v) is 5.14. The van der Waals surface area contributed by atoms with Gasteiger partial charge in [0.1, 0.15) is 0 Å². The number of carbonyl (C=O) groups is 1. The molecule has 5 heteroatoms. The van der Waals surface area contributed by atoms with E-state index in [9.17, 15) is 9.90 Å². The van der Waals surface area contributed by atoms with Crippen molar-refractivity contribution in [1.82, 2.24) is 10.2 Å². The Bertz CT molecular complexity index is 1060.